The minimum atomic E-state index is 0.322. The van der Waals surface area contributed by atoms with E-state index in [2.05, 4.69) is 19.9 Å². The maximum Gasteiger partial charge on any atom is 0.0418 e. The highest BCUT2D eigenvalue weighted by Crippen LogP contribution is 2.41. The van der Waals surface area contributed by atoms with Gasteiger partial charge in [0, 0.05) is 15.8 Å². The number of hydrogen-bond donors (Lipinski definition) is 1. The highest BCUT2D eigenvalue weighted by Gasteiger charge is 2.30. The molecular formula is C10H15NS. The molecule has 0 amide bonds. The van der Waals surface area contributed by atoms with E-state index in [4.69, 9.17) is 5.73 Å². The van der Waals surface area contributed by atoms with Crippen molar-refractivity contribution in [1.29, 1.82) is 0 Å². The Bertz CT molecular complexity index is 267. The fourth-order valence-corrected chi connectivity index (χ4v) is 2.59. The van der Waals surface area contributed by atoms with Gasteiger partial charge in [0.15, 0.2) is 0 Å². The minimum absolute atomic E-state index is 0.322. The van der Waals surface area contributed by atoms with Crippen LogP contribution < -0.4 is 5.73 Å². The molecule has 1 unspecified atom stereocenters. The summed E-state index contributed by atoms with van der Waals surface area (Å²) < 4.78 is 0. The largest absolute Gasteiger partial charge is 0.323 e. The number of hydrogen-bond acceptors (Lipinski definition) is 2. The van der Waals surface area contributed by atoms with Crippen molar-refractivity contribution in [2.45, 2.75) is 32.7 Å². The van der Waals surface area contributed by atoms with Crippen LogP contribution in [-0.4, -0.2) is 0 Å². The first-order valence-corrected chi connectivity index (χ1v) is 5.32. The van der Waals surface area contributed by atoms with Crippen LogP contribution in [0.4, 0.5) is 0 Å². The zero-order valence-corrected chi connectivity index (χ0v) is 8.45. The minimum Gasteiger partial charge on any atom is -0.323 e. The van der Waals surface area contributed by atoms with Gasteiger partial charge >= 0.3 is 0 Å². The fourth-order valence-electron chi connectivity index (χ4n) is 1.45. The summed E-state index contributed by atoms with van der Waals surface area (Å²) in [5.74, 6) is 0.780. The van der Waals surface area contributed by atoms with E-state index in [1.165, 1.54) is 28.2 Å². The standard InChI is InChI=1S/C10H15NS/c1-6-5-9(12-7(6)2)10(11)8-3-4-8/h5,8,10H,3-4,11H2,1-2H3. The second-order valence-corrected chi connectivity index (χ2v) is 5.04. The molecule has 66 valence electrons. The van der Waals surface area contributed by atoms with Crippen molar-refractivity contribution in [3.8, 4) is 0 Å². The van der Waals surface area contributed by atoms with Gasteiger partial charge in [0.1, 0.15) is 0 Å². The van der Waals surface area contributed by atoms with Gasteiger partial charge in [-0.15, -0.1) is 11.3 Å². The van der Waals surface area contributed by atoms with Crippen LogP contribution in [-0.2, 0) is 0 Å². The van der Waals surface area contributed by atoms with Crippen molar-refractivity contribution in [2.75, 3.05) is 0 Å². The summed E-state index contributed by atoms with van der Waals surface area (Å²) >= 11 is 1.87. The Morgan fingerprint density at radius 1 is 1.50 bits per heavy atom. The summed E-state index contributed by atoms with van der Waals surface area (Å²) in [7, 11) is 0. The molecule has 0 aromatic carbocycles. The molecule has 0 saturated heterocycles. The van der Waals surface area contributed by atoms with Crippen LogP contribution >= 0.6 is 11.3 Å². The van der Waals surface area contributed by atoms with Gasteiger partial charge < -0.3 is 5.73 Å². The molecule has 1 aliphatic rings. The number of nitrogens with two attached hydrogens (primary N) is 1. The maximum atomic E-state index is 6.09. The monoisotopic (exact) mass is 181 g/mol. The Kier molecular flexibility index (Phi) is 1.97. The van der Waals surface area contributed by atoms with Crippen molar-refractivity contribution < 1.29 is 0 Å². The van der Waals surface area contributed by atoms with Crippen molar-refractivity contribution >= 4 is 11.3 Å². The highest BCUT2D eigenvalue weighted by atomic mass is 32.1. The Hall–Kier alpha value is -0.340. The first kappa shape index (κ1) is 8.27. The van der Waals surface area contributed by atoms with Gasteiger partial charge in [0.2, 0.25) is 0 Å². The highest BCUT2D eigenvalue weighted by molar-refractivity contribution is 7.12. The summed E-state index contributed by atoms with van der Waals surface area (Å²) in [6.07, 6.45) is 2.66. The first-order chi connectivity index (χ1) is 5.68. The molecule has 2 heteroatoms. The zero-order chi connectivity index (χ0) is 8.72. The molecule has 1 heterocycles. The molecule has 0 spiro atoms. The van der Waals surface area contributed by atoms with Gasteiger partial charge in [-0.1, -0.05) is 0 Å². The lowest BCUT2D eigenvalue weighted by atomic mass is 10.1. The molecule has 2 rings (SSSR count). The van der Waals surface area contributed by atoms with Crippen molar-refractivity contribution in [3.05, 3.63) is 21.4 Å². The third-order valence-electron chi connectivity index (χ3n) is 2.64. The van der Waals surface area contributed by atoms with Crippen LogP contribution in [0.1, 0.15) is 34.2 Å². The van der Waals surface area contributed by atoms with Crippen molar-refractivity contribution in [3.63, 3.8) is 0 Å². The average Bonchev–Trinajstić information content (AvgIpc) is 2.80. The predicted octanol–water partition coefficient (Wildman–Crippen LogP) is 2.77. The van der Waals surface area contributed by atoms with Crippen LogP contribution in [0, 0.1) is 19.8 Å². The molecule has 0 bridgehead atoms. The summed E-state index contributed by atoms with van der Waals surface area (Å²) in [4.78, 5) is 2.80. The van der Waals surface area contributed by atoms with Gasteiger partial charge in [-0.25, -0.2) is 0 Å². The molecule has 2 N–H and O–H groups in total. The second-order valence-electron chi connectivity index (χ2n) is 3.75. The van der Waals surface area contributed by atoms with E-state index in [0.717, 1.165) is 5.92 Å². The fraction of sp³-hybridized carbons (Fsp3) is 0.600. The normalized spacial score (nSPS) is 19.6. The average molecular weight is 181 g/mol. The van der Waals surface area contributed by atoms with Gasteiger partial charge in [-0.2, -0.15) is 0 Å². The third-order valence-corrected chi connectivity index (χ3v) is 3.90. The number of rotatable bonds is 2. The van der Waals surface area contributed by atoms with Crippen LogP contribution in [0.25, 0.3) is 0 Å². The Labute approximate surface area is 77.6 Å². The van der Waals surface area contributed by atoms with Crippen LogP contribution in [0.2, 0.25) is 0 Å². The molecular weight excluding hydrogens is 166 g/mol. The van der Waals surface area contributed by atoms with Crippen LogP contribution in [0.3, 0.4) is 0 Å². The molecule has 0 aliphatic heterocycles. The van der Waals surface area contributed by atoms with Gasteiger partial charge in [0.25, 0.3) is 0 Å². The summed E-state index contributed by atoms with van der Waals surface area (Å²) in [5, 5.41) is 0. The Morgan fingerprint density at radius 2 is 2.17 bits per heavy atom. The third kappa shape index (κ3) is 1.41. The van der Waals surface area contributed by atoms with E-state index in [1.807, 2.05) is 11.3 Å². The Morgan fingerprint density at radius 3 is 2.58 bits per heavy atom. The SMILES string of the molecule is Cc1cc(C(N)C2CC2)sc1C. The van der Waals surface area contributed by atoms with E-state index in [1.54, 1.807) is 0 Å². The molecule has 1 aromatic rings. The van der Waals surface area contributed by atoms with Gasteiger partial charge in [-0.3, -0.25) is 0 Å². The summed E-state index contributed by atoms with van der Waals surface area (Å²) in [6, 6.07) is 2.57. The van der Waals surface area contributed by atoms with E-state index in [9.17, 15) is 0 Å². The quantitative estimate of drug-likeness (QED) is 0.746. The van der Waals surface area contributed by atoms with Crippen LogP contribution in [0.5, 0.6) is 0 Å². The number of thiophene rings is 1. The van der Waals surface area contributed by atoms with E-state index >= 15 is 0 Å². The second kappa shape index (κ2) is 2.86. The topological polar surface area (TPSA) is 26.0 Å². The molecule has 0 radical (unpaired) electrons. The van der Waals surface area contributed by atoms with Crippen molar-refractivity contribution in [1.82, 2.24) is 0 Å². The summed E-state index contributed by atoms with van der Waals surface area (Å²) in [6.45, 7) is 4.33. The number of aryl methyl sites for hydroxylation is 2. The van der Waals surface area contributed by atoms with E-state index in [-0.39, 0.29) is 0 Å². The molecule has 12 heavy (non-hydrogen) atoms. The first-order valence-electron chi connectivity index (χ1n) is 4.51. The lowest BCUT2D eigenvalue weighted by Crippen LogP contribution is -2.10. The van der Waals surface area contributed by atoms with Crippen molar-refractivity contribution in [2.24, 2.45) is 11.7 Å². The molecule has 1 saturated carbocycles. The van der Waals surface area contributed by atoms with Gasteiger partial charge in [0.05, 0.1) is 0 Å². The van der Waals surface area contributed by atoms with Gasteiger partial charge in [-0.05, 0) is 44.2 Å². The lowest BCUT2D eigenvalue weighted by molar-refractivity contribution is 0.644. The van der Waals surface area contributed by atoms with E-state index < -0.39 is 0 Å². The lowest BCUT2D eigenvalue weighted by Gasteiger charge is -2.05. The molecule has 1 fully saturated rings. The van der Waals surface area contributed by atoms with Crippen LogP contribution in [0.15, 0.2) is 6.07 Å². The molecule has 1 aliphatic carbocycles. The zero-order valence-electron chi connectivity index (χ0n) is 7.63. The molecule has 1 aromatic heterocycles. The predicted molar refractivity (Wildman–Crippen MR) is 53.4 cm³/mol. The maximum absolute atomic E-state index is 6.09. The summed E-state index contributed by atoms with van der Waals surface area (Å²) in [5.41, 5.74) is 7.49. The van der Waals surface area contributed by atoms with E-state index in [0.29, 0.717) is 6.04 Å². The smallest absolute Gasteiger partial charge is 0.0418 e. The Balaban J connectivity index is 2.21. The molecule has 1 nitrogen and oxygen atoms in total. The molecule has 1 atom stereocenters.